The average Bonchev–Trinajstić information content (AvgIpc) is 2.38. The van der Waals surface area contributed by atoms with Crippen LogP contribution in [-0.4, -0.2) is 16.9 Å². The number of rotatable bonds is 3. The van der Waals surface area contributed by atoms with Crippen molar-refractivity contribution in [2.45, 2.75) is 52.5 Å². The van der Waals surface area contributed by atoms with Crippen molar-refractivity contribution in [3.63, 3.8) is 0 Å². The van der Waals surface area contributed by atoms with E-state index < -0.39 is 0 Å². The maximum atomic E-state index is 12.3. The van der Waals surface area contributed by atoms with Crippen LogP contribution in [0, 0.1) is 18.8 Å². The molecule has 20 heavy (non-hydrogen) atoms. The van der Waals surface area contributed by atoms with Crippen LogP contribution in [0.4, 0.5) is 0 Å². The van der Waals surface area contributed by atoms with Gasteiger partial charge in [0.05, 0.1) is 0 Å². The zero-order chi connectivity index (χ0) is 14.7. The first-order valence-corrected chi connectivity index (χ1v) is 7.49. The number of pyridine rings is 1. The summed E-state index contributed by atoms with van der Waals surface area (Å²) in [6.45, 7) is 6.21. The Balaban J connectivity index is 2.11. The minimum atomic E-state index is -0.246. The summed E-state index contributed by atoms with van der Waals surface area (Å²) in [6.07, 6.45) is 6.07. The number of hydrogen-bond acceptors (Lipinski definition) is 2. The number of carbonyl (C=O) groups is 1. The fraction of sp³-hybridized carbons (Fsp3) is 0.625. The monoisotopic (exact) mass is 276 g/mol. The van der Waals surface area contributed by atoms with Crippen molar-refractivity contribution in [2.24, 2.45) is 11.8 Å². The standard InChI is InChI=1S/C16H24N2O2/c1-10(2)12-6-4-5-7-14(12)18-16(20)13-9-17-11(3)8-15(13)19/h8-10,12,14H,4-7H2,1-3H3,(H,17,19)(H,18,20). The van der Waals surface area contributed by atoms with Gasteiger partial charge in [-0.2, -0.15) is 0 Å². The molecule has 2 rings (SSSR count). The molecule has 0 aliphatic heterocycles. The first-order chi connectivity index (χ1) is 9.49. The van der Waals surface area contributed by atoms with E-state index in [-0.39, 0.29) is 22.9 Å². The minimum absolute atomic E-state index is 0.192. The van der Waals surface area contributed by atoms with Gasteiger partial charge in [0.2, 0.25) is 0 Å². The third kappa shape index (κ3) is 3.30. The van der Waals surface area contributed by atoms with E-state index in [1.165, 1.54) is 18.7 Å². The molecule has 1 aromatic rings. The third-order valence-corrected chi connectivity index (χ3v) is 4.29. The molecule has 4 nitrogen and oxygen atoms in total. The first-order valence-electron chi connectivity index (χ1n) is 7.49. The summed E-state index contributed by atoms with van der Waals surface area (Å²) in [6, 6.07) is 1.66. The van der Waals surface area contributed by atoms with Gasteiger partial charge < -0.3 is 10.3 Å². The SMILES string of the molecule is Cc1cc(=O)c(C(=O)NC2CCCCC2C(C)C)c[nH]1. The average molecular weight is 276 g/mol. The Bertz CT molecular complexity index is 534. The summed E-state index contributed by atoms with van der Waals surface area (Å²) in [7, 11) is 0. The number of aryl methyl sites for hydroxylation is 1. The highest BCUT2D eigenvalue weighted by Crippen LogP contribution is 2.30. The topological polar surface area (TPSA) is 62.0 Å². The molecule has 1 aromatic heterocycles. The summed E-state index contributed by atoms with van der Waals surface area (Å²) >= 11 is 0. The molecule has 4 heteroatoms. The fourth-order valence-corrected chi connectivity index (χ4v) is 3.13. The number of aromatic amines is 1. The number of H-pyrrole nitrogens is 1. The van der Waals surface area contributed by atoms with Gasteiger partial charge in [-0.3, -0.25) is 9.59 Å². The molecule has 0 saturated heterocycles. The molecular formula is C16H24N2O2. The molecule has 1 heterocycles. The molecule has 2 N–H and O–H groups in total. The summed E-state index contributed by atoms with van der Waals surface area (Å²) in [5.74, 6) is 0.818. The fourth-order valence-electron chi connectivity index (χ4n) is 3.13. The Kier molecular flexibility index (Phi) is 4.63. The Labute approximate surface area is 120 Å². The van der Waals surface area contributed by atoms with Gasteiger partial charge in [0.1, 0.15) is 5.56 Å². The molecule has 1 fully saturated rings. The molecule has 0 bridgehead atoms. The zero-order valence-electron chi connectivity index (χ0n) is 12.5. The van der Waals surface area contributed by atoms with Crippen molar-refractivity contribution in [1.29, 1.82) is 0 Å². The number of hydrogen-bond donors (Lipinski definition) is 2. The van der Waals surface area contributed by atoms with Crippen LogP contribution >= 0.6 is 0 Å². The molecule has 1 aliphatic rings. The van der Waals surface area contributed by atoms with E-state index in [9.17, 15) is 9.59 Å². The lowest BCUT2D eigenvalue weighted by molar-refractivity contribution is 0.0887. The smallest absolute Gasteiger partial charge is 0.256 e. The van der Waals surface area contributed by atoms with E-state index in [0.717, 1.165) is 25.0 Å². The van der Waals surface area contributed by atoms with Crippen molar-refractivity contribution < 1.29 is 4.79 Å². The molecule has 0 spiro atoms. The number of amides is 1. The number of nitrogens with one attached hydrogen (secondary N) is 2. The van der Waals surface area contributed by atoms with Crippen LogP contribution in [0.5, 0.6) is 0 Å². The van der Waals surface area contributed by atoms with Crippen molar-refractivity contribution in [1.82, 2.24) is 10.3 Å². The molecular weight excluding hydrogens is 252 g/mol. The van der Waals surface area contributed by atoms with Gasteiger partial charge in [-0.1, -0.05) is 26.7 Å². The van der Waals surface area contributed by atoms with Gasteiger partial charge in [-0.05, 0) is 31.6 Å². The van der Waals surface area contributed by atoms with Crippen LogP contribution in [0.2, 0.25) is 0 Å². The van der Waals surface area contributed by atoms with Crippen molar-refractivity contribution in [2.75, 3.05) is 0 Å². The Morgan fingerprint density at radius 1 is 1.35 bits per heavy atom. The van der Waals surface area contributed by atoms with Crippen LogP contribution in [0.1, 0.15) is 55.6 Å². The molecule has 2 atom stereocenters. The van der Waals surface area contributed by atoms with Crippen LogP contribution in [0.25, 0.3) is 0 Å². The minimum Gasteiger partial charge on any atom is -0.364 e. The Hall–Kier alpha value is -1.58. The summed E-state index contributed by atoms with van der Waals surface area (Å²) in [5, 5.41) is 3.07. The lowest BCUT2D eigenvalue weighted by Crippen LogP contribution is -2.45. The highest BCUT2D eigenvalue weighted by Gasteiger charge is 2.29. The van der Waals surface area contributed by atoms with E-state index in [1.807, 2.05) is 0 Å². The molecule has 1 saturated carbocycles. The van der Waals surface area contributed by atoms with Gasteiger partial charge in [0, 0.05) is 24.0 Å². The summed E-state index contributed by atoms with van der Waals surface area (Å²) < 4.78 is 0. The largest absolute Gasteiger partial charge is 0.364 e. The van der Waals surface area contributed by atoms with E-state index in [0.29, 0.717) is 11.8 Å². The van der Waals surface area contributed by atoms with E-state index >= 15 is 0 Å². The molecule has 0 aromatic carbocycles. The molecule has 1 aliphatic carbocycles. The maximum absolute atomic E-state index is 12.3. The molecule has 1 amide bonds. The van der Waals surface area contributed by atoms with Gasteiger partial charge in [0.15, 0.2) is 5.43 Å². The maximum Gasteiger partial charge on any atom is 0.256 e. The van der Waals surface area contributed by atoms with Crippen molar-refractivity contribution in [3.05, 3.63) is 33.7 Å². The number of carbonyl (C=O) groups excluding carboxylic acids is 1. The number of aromatic nitrogens is 1. The van der Waals surface area contributed by atoms with E-state index in [2.05, 4.69) is 24.1 Å². The summed E-state index contributed by atoms with van der Waals surface area (Å²) in [5.41, 5.74) is 0.767. The van der Waals surface area contributed by atoms with Crippen LogP contribution < -0.4 is 10.7 Å². The van der Waals surface area contributed by atoms with E-state index in [1.54, 1.807) is 6.92 Å². The normalized spacial score (nSPS) is 22.8. The predicted octanol–water partition coefficient (Wildman–Crippen LogP) is 2.63. The zero-order valence-corrected chi connectivity index (χ0v) is 12.5. The van der Waals surface area contributed by atoms with Gasteiger partial charge in [-0.15, -0.1) is 0 Å². The first kappa shape index (κ1) is 14.8. The van der Waals surface area contributed by atoms with Gasteiger partial charge in [0.25, 0.3) is 5.91 Å². The second kappa shape index (κ2) is 6.25. The lowest BCUT2D eigenvalue weighted by atomic mass is 9.78. The van der Waals surface area contributed by atoms with Gasteiger partial charge >= 0.3 is 0 Å². The lowest BCUT2D eigenvalue weighted by Gasteiger charge is -2.34. The Morgan fingerprint density at radius 3 is 2.70 bits per heavy atom. The van der Waals surface area contributed by atoms with Crippen LogP contribution in [0.3, 0.4) is 0 Å². The second-order valence-corrected chi connectivity index (χ2v) is 6.17. The van der Waals surface area contributed by atoms with Crippen LogP contribution in [-0.2, 0) is 0 Å². The third-order valence-electron chi connectivity index (χ3n) is 4.29. The highest BCUT2D eigenvalue weighted by atomic mass is 16.2. The summed E-state index contributed by atoms with van der Waals surface area (Å²) in [4.78, 5) is 27.1. The Morgan fingerprint density at radius 2 is 2.05 bits per heavy atom. The van der Waals surface area contributed by atoms with Gasteiger partial charge in [-0.25, -0.2) is 0 Å². The highest BCUT2D eigenvalue weighted by molar-refractivity contribution is 5.94. The molecule has 0 radical (unpaired) electrons. The molecule has 110 valence electrons. The predicted molar refractivity (Wildman–Crippen MR) is 79.8 cm³/mol. The van der Waals surface area contributed by atoms with Crippen molar-refractivity contribution in [3.8, 4) is 0 Å². The quantitative estimate of drug-likeness (QED) is 0.891. The molecule has 2 unspecified atom stereocenters. The van der Waals surface area contributed by atoms with Crippen LogP contribution in [0.15, 0.2) is 17.1 Å². The van der Waals surface area contributed by atoms with E-state index in [4.69, 9.17) is 0 Å². The second-order valence-electron chi connectivity index (χ2n) is 6.17. The van der Waals surface area contributed by atoms with Crippen molar-refractivity contribution >= 4 is 5.91 Å².